The number of rotatable bonds is 2. The summed E-state index contributed by atoms with van der Waals surface area (Å²) in [6.45, 7) is 1.91. The van der Waals surface area contributed by atoms with Gasteiger partial charge in [0.15, 0.2) is 0 Å². The molecule has 0 saturated heterocycles. The van der Waals surface area contributed by atoms with Crippen LogP contribution in [0.25, 0.3) is 10.8 Å². The van der Waals surface area contributed by atoms with Crippen molar-refractivity contribution in [2.75, 3.05) is 11.1 Å². The van der Waals surface area contributed by atoms with Gasteiger partial charge in [-0.05, 0) is 42.1 Å². The molecule has 3 N–H and O–H groups in total. The second kappa shape index (κ2) is 5.25. The molecule has 0 radical (unpaired) electrons. The minimum absolute atomic E-state index is 0.182. The van der Waals surface area contributed by atoms with E-state index in [0.717, 1.165) is 22.0 Å². The van der Waals surface area contributed by atoms with Crippen molar-refractivity contribution in [1.29, 1.82) is 0 Å². The van der Waals surface area contributed by atoms with E-state index in [9.17, 15) is 4.79 Å². The van der Waals surface area contributed by atoms with Crippen molar-refractivity contribution in [3.8, 4) is 0 Å². The maximum Gasteiger partial charge on any atom is 0.255 e. The summed E-state index contributed by atoms with van der Waals surface area (Å²) in [6, 6.07) is 13.0. The van der Waals surface area contributed by atoms with Crippen molar-refractivity contribution in [2.24, 2.45) is 0 Å². The fraction of sp³-hybridized carbons (Fsp3) is 0.0588. The maximum atomic E-state index is 12.3. The Labute approximate surface area is 122 Å². The van der Waals surface area contributed by atoms with Crippen LogP contribution in [0.2, 0.25) is 0 Å². The van der Waals surface area contributed by atoms with Crippen molar-refractivity contribution < 1.29 is 4.79 Å². The highest BCUT2D eigenvalue weighted by molar-refractivity contribution is 6.09. The van der Waals surface area contributed by atoms with E-state index in [1.54, 1.807) is 24.5 Å². The Morgan fingerprint density at radius 3 is 2.86 bits per heavy atom. The molecular weight excluding hydrogens is 262 g/mol. The number of anilines is 2. The first-order valence-corrected chi connectivity index (χ1v) is 6.65. The SMILES string of the molecule is Cc1ccc(C(=O)Nc2cccc3ccncc23)cc1N. The van der Waals surface area contributed by atoms with Crippen LogP contribution in [0.5, 0.6) is 0 Å². The molecule has 21 heavy (non-hydrogen) atoms. The number of aryl methyl sites for hydroxylation is 1. The molecular formula is C17H15N3O. The molecule has 0 aliphatic heterocycles. The van der Waals surface area contributed by atoms with E-state index < -0.39 is 0 Å². The number of hydrogen-bond donors (Lipinski definition) is 2. The monoisotopic (exact) mass is 277 g/mol. The molecule has 0 saturated carbocycles. The van der Waals surface area contributed by atoms with Crippen LogP contribution >= 0.6 is 0 Å². The van der Waals surface area contributed by atoms with Gasteiger partial charge in [0.1, 0.15) is 0 Å². The van der Waals surface area contributed by atoms with Crippen LogP contribution in [0.4, 0.5) is 11.4 Å². The summed E-state index contributed by atoms with van der Waals surface area (Å²) in [5.41, 5.74) is 8.71. The molecule has 3 rings (SSSR count). The number of nitrogens with two attached hydrogens (primary N) is 1. The van der Waals surface area contributed by atoms with E-state index in [1.807, 2.05) is 37.3 Å². The lowest BCUT2D eigenvalue weighted by atomic mass is 10.1. The van der Waals surface area contributed by atoms with E-state index in [0.29, 0.717) is 11.3 Å². The molecule has 0 aliphatic rings. The minimum Gasteiger partial charge on any atom is -0.398 e. The number of fused-ring (bicyclic) bond motifs is 1. The quantitative estimate of drug-likeness (QED) is 0.706. The number of hydrogen-bond acceptors (Lipinski definition) is 3. The molecule has 0 atom stereocenters. The average Bonchev–Trinajstić information content (AvgIpc) is 2.50. The molecule has 0 aliphatic carbocycles. The van der Waals surface area contributed by atoms with Gasteiger partial charge in [0.2, 0.25) is 0 Å². The summed E-state index contributed by atoms with van der Waals surface area (Å²) < 4.78 is 0. The van der Waals surface area contributed by atoms with E-state index >= 15 is 0 Å². The largest absolute Gasteiger partial charge is 0.398 e. The number of carbonyl (C=O) groups is 1. The van der Waals surface area contributed by atoms with E-state index in [4.69, 9.17) is 5.73 Å². The highest BCUT2D eigenvalue weighted by atomic mass is 16.1. The van der Waals surface area contributed by atoms with Crippen molar-refractivity contribution in [1.82, 2.24) is 4.98 Å². The Morgan fingerprint density at radius 2 is 2.05 bits per heavy atom. The predicted molar refractivity (Wildman–Crippen MR) is 85.3 cm³/mol. The number of nitrogen functional groups attached to an aromatic ring is 1. The predicted octanol–water partition coefficient (Wildman–Crippen LogP) is 3.38. The molecule has 2 aromatic carbocycles. The van der Waals surface area contributed by atoms with Crippen molar-refractivity contribution in [3.63, 3.8) is 0 Å². The second-order valence-electron chi connectivity index (χ2n) is 4.93. The van der Waals surface area contributed by atoms with Gasteiger partial charge < -0.3 is 11.1 Å². The lowest BCUT2D eigenvalue weighted by molar-refractivity contribution is 0.102. The molecule has 1 heterocycles. The van der Waals surface area contributed by atoms with Crippen LogP contribution in [-0.2, 0) is 0 Å². The van der Waals surface area contributed by atoms with E-state index in [-0.39, 0.29) is 5.91 Å². The molecule has 3 aromatic rings. The number of carbonyl (C=O) groups excluding carboxylic acids is 1. The van der Waals surface area contributed by atoms with Gasteiger partial charge >= 0.3 is 0 Å². The van der Waals surface area contributed by atoms with Gasteiger partial charge in [0.25, 0.3) is 5.91 Å². The number of amides is 1. The van der Waals surface area contributed by atoms with Crippen molar-refractivity contribution in [3.05, 3.63) is 66.0 Å². The molecule has 0 unspecified atom stereocenters. The lowest BCUT2D eigenvalue weighted by Crippen LogP contribution is -2.12. The fourth-order valence-corrected chi connectivity index (χ4v) is 2.20. The number of aromatic nitrogens is 1. The van der Waals surface area contributed by atoms with Gasteiger partial charge in [-0.15, -0.1) is 0 Å². The summed E-state index contributed by atoms with van der Waals surface area (Å²) in [5, 5.41) is 4.86. The van der Waals surface area contributed by atoms with Gasteiger partial charge in [-0.2, -0.15) is 0 Å². The first kappa shape index (κ1) is 13.1. The molecule has 1 aromatic heterocycles. The molecule has 4 heteroatoms. The van der Waals surface area contributed by atoms with Crippen LogP contribution in [0.15, 0.2) is 54.9 Å². The Balaban J connectivity index is 1.94. The first-order valence-electron chi connectivity index (χ1n) is 6.65. The summed E-state index contributed by atoms with van der Waals surface area (Å²) >= 11 is 0. The summed E-state index contributed by atoms with van der Waals surface area (Å²) in [5.74, 6) is -0.182. The van der Waals surface area contributed by atoms with Crippen LogP contribution in [-0.4, -0.2) is 10.9 Å². The zero-order valence-corrected chi connectivity index (χ0v) is 11.6. The number of benzene rings is 2. The minimum atomic E-state index is -0.182. The third-order valence-electron chi connectivity index (χ3n) is 3.47. The molecule has 104 valence electrons. The molecule has 1 amide bonds. The lowest BCUT2D eigenvalue weighted by Gasteiger charge is -2.09. The van der Waals surface area contributed by atoms with Crippen molar-refractivity contribution >= 4 is 28.1 Å². The highest BCUT2D eigenvalue weighted by Crippen LogP contribution is 2.23. The zero-order valence-electron chi connectivity index (χ0n) is 11.6. The summed E-state index contributed by atoms with van der Waals surface area (Å²) in [7, 11) is 0. The Morgan fingerprint density at radius 1 is 1.19 bits per heavy atom. The average molecular weight is 277 g/mol. The van der Waals surface area contributed by atoms with Gasteiger partial charge in [0, 0.05) is 29.0 Å². The molecule has 0 spiro atoms. The van der Waals surface area contributed by atoms with Crippen LogP contribution in [0, 0.1) is 6.92 Å². The normalized spacial score (nSPS) is 10.5. The zero-order chi connectivity index (χ0) is 14.8. The van der Waals surface area contributed by atoms with Gasteiger partial charge in [0.05, 0.1) is 5.69 Å². The smallest absolute Gasteiger partial charge is 0.255 e. The standard InChI is InChI=1S/C17H15N3O/c1-11-5-6-13(9-15(11)18)17(21)20-16-4-2-3-12-7-8-19-10-14(12)16/h2-10H,18H2,1H3,(H,20,21). The van der Waals surface area contributed by atoms with Gasteiger partial charge in [-0.25, -0.2) is 0 Å². The Kier molecular flexibility index (Phi) is 3.28. The van der Waals surface area contributed by atoms with Gasteiger partial charge in [-0.1, -0.05) is 18.2 Å². The molecule has 4 nitrogen and oxygen atoms in total. The maximum absolute atomic E-state index is 12.3. The summed E-state index contributed by atoms with van der Waals surface area (Å²) in [4.78, 5) is 16.4. The number of nitrogens with one attached hydrogen (secondary N) is 1. The van der Waals surface area contributed by atoms with Crippen LogP contribution < -0.4 is 11.1 Å². The van der Waals surface area contributed by atoms with E-state index in [2.05, 4.69) is 10.3 Å². The third kappa shape index (κ3) is 2.56. The highest BCUT2D eigenvalue weighted by Gasteiger charge is 2.09. The van der Waals surface area contributed by atoms with Gasteiger partial charge in [-0.3, -0.25) is 9.78 Å². The fourth-order valence-electron chi connectivity index (χ4n) is 2.20. The number of pyridine rings is 1. The van der Waals surface area contributed by atoms with Crippen LogP contribution in [0.3, 0.4) is 0 Å². The second-order valence-corrected chi connectivity index (χ2v) is 4.93. The van der Waals surface area contributed by atoms with E-state index in [1.165, 1.54) is 0 Å². The summed E-state index contributed by atoms with van der Waals surface area (Å²) in [6.07, 6.45) is 3.48. The Bertz CT molecular complexity index is 822. The number of nitrogens with zero attached hydrogens (tertiary/aromatic N) is 1. The van der Waals surface area contributed by atoms with Crippen LogP contribution in [0.1, 0.15) is 15.9 Å². The third-order valence-corrected chi connectivity index (χ3v) is 3.47. The molecule has 0 fully saturated rings. The Hall–Kier alpha value is -2.88. The molecule has 0 bridgehead atoms. The van der Waals surface area contributed by atoms with Crippen molar-refractivity contribution in [2.45, 2.75) is 6.92 Å². The first-order chi connectivity index (χ1) is 10.1. The topological polar surface area (TPSA) is 68.0 Å².